The minimum absolute atomic E-state index is 0.195. The van der Waals surface area contributed by atoms with Gasteiger partial charge < -0.3 is 15.1 Å². The zero-order valence-corrected chi connectivity index (χ0v) is 15.6. The summed E-state index contributed by atoms with van der Waals surface area (Å²) >= 11 is 0. The van der Waals surface area contributed by atoms with Gasteiger partial charge in [-0.3, -0.25) is 0 Å². The highest BCUT2D eigenvalue weighted by Gasteiger charge is 2.21. The number of rotatable bonds is 4. The third kappa shape index (κ3) is 4.03. The molecule has 4 rings (SSSR count). The summed E-state index contributed by atoms with van der Waals surface area (Å²) in [5, 5.41) is 3.12. The van der Waals surface area contributed by atoms with Gasteiger partial charge in [0, 0.05) is 43.6 Å². The van der Waals surface area contributed by atoms with Gasteiger partial charge in [-0.25, -0.2) is 13.8 Å². The number of nitrogens with one attached hydrogen (secondary N) is 1. The van der Waals surface area contributed by atoms with E-state index in [1.165, 1.54) is 18.2 Å². The minimum atomic E-state index is -0.288. The standard InChI is InChI=1S/C21H21F2N5/c1-15-14-20(26-21(24-15)25-17-8-6-16(22)7-9-17)28-12-10-27(11-13-28)19-5-3-2-4-18(19)23/h2-9,14H,10-13H2,1H3,(H,24,25,26). The molecule has 0 bridgehead atoms. The van der Waals surface area contributed by atoms with E-state index < -0.39 is 0 Å². The topological polar surface area (TPSA) is 44.3 Å². The summed E-state index contributed by atoms with van der Waals surface area (Å²) in [6.45, 7) is 4.81. The van der Waals surface area contributed by atoms with Crippen LogP contribution in [0.25, 0.3) is 0 Å². The Bertz CT molecular complexity index is 953. The molecule has 0 unspecified atom stereocenters. The third-order valence-electron chi connectivity index (χ3n) is 4.74. The van der Waals surface area contributed by atoms with Gasteiger partial charge in [0.25, 0.3) is 0 Å². The van der Waals surface area contributed by atoms with Crippen molar-refractivity contribution in [2.75, 3.05) is 41.3 Å². The number of halogens is 2. The number of nitrogens with zero attached hydrogens (tertiary/aromatic N) is 4. The molecule has 0 radical (unpaired) electrons. The number of hydrogen-bond acceptors (Lipinski definition) is 5. The van der Waals surface area contributed by atoms with Crippen LogP contribution in [0.3, 0.4) is 0 Å². The van der Waals surface area contributed by atoms with Gasteiger partial charge in [0.2, 0.25) is 5.95 Å². The van der Waals surface area contributed by atoms with Crippen LogP contribution in [0, 0.1) is 18.6 Å². The van der Waals surface area contributed by atoms with Crippen LogP contribution in [-0.2, 0) is 0 Å². The molecule has 1 N–H and O–H groups in total. The van der Waals surface area contributed by atoms with Gasteiger partial charge in [0.1, 0.15) is 17.5 Å². The second-order valence-corrected chi connectivity index (χ2v) is 6.75. The van der Waals surface area contributed by atoms with E-state index in [0.29, 0.717) is 24.7 Å². The summed E-state index contributed by atoms with van der Waals surface area (Å²) in [6.07, 6.45) is 0. The van der Waals surface area contributed by atoms with Crippen molar-refractivity contribution in [1.82, 2.24) is 9.97 Å². The van der Waals surface area contributed by atoms with Crippen molar-refractivity contribution >= 4 is 23.1 Å². The first kappa shape index (κ1) is 18.2. The SMILES string of the molecule is Cc1cc(N2CCN(c3ccccc3F)CC2)nc(Nc2ccc(F)cc2)n1. The first-order valence-corrected chi connectivity index (χ1v) is 9.21. The lowest BCUT2D eigenvalue weighted by molar-refractivity contribution is 0.596. The van der Waals surface area contributed by atoms with E-state index in [1.807, 2.05) is 25.1 Å². The van der Waals surface area contributed by atoms with Gasteiger partial charge in [0.15, 0.2) is 0 Å². The van der Waals surface area contributed by atoms with E-state index in [2.05, 4.69) is 25.1 Å². The summed E-state index contributed by atoms with van der Waals surface area (Å²) in [6, 6.07) is 14.9. The molecular formula is C21H21F2N5. The first-order valence-electron chi connectivity index (χ1n) is 9.21. The smallest absolute Gasteiger partial charge is 0.229 e. The fraction of sp³-hybridized carbons (Fsp3) is 0.238. The Morgan fingerprint density at radius 1 is 0.857 bits per heavy atom. The second-order valence-electron chi connectivity index (χ2n) is 6.75. The molecule has 1 aliphatic rings. The molecule has 1 aromatic heterocycles. The van der Waals surface area contributed by atoms with E-state index >= 15 is 0 Å². The van der Waals surface area contributed by atoms with Gasteiger partial charge in [-0.05, 0) is 43.3 Å². The Hall–Kier alpha value is -3.22. The lowest BCUT2D eigenvalue weighted by atomic mass is 10.2. The third-order valence-corrected chi connectivity index (χ3v) is 4.74. The first-order chi connectivity index (χ1) is 13.6. The quantitative estimate of drug-likeness (QED) is 0.736. The molecule has 1 saturated heterocycles. The maximum Gasteiger partial charge on any atom is 0.229 e. The zero-order chi connectivity index (χ0) is 19.5. The highest BCUT2D eigenvalue weighted by atomic mass is 19.1. The molecule has 0 saturated carbocycles. The molecule has 144 valence electrons. The van der Waals surface area contributed by atoms with E-state index in [-0.39, 0.29) is 11.6 Å². The molecule has 2 aromatic carbocycles. The minimum Gasteiger partial charge on any atom is -0.366 e. The number of piperazine rings is 1. The zero-order valence-electron chi connectivity index (χ0n) is 15.6. The molecule has 28 heavy (non-hydrogen) atoms. The number of aromatic nitrogens is 2. The van der Waals surface area contributed by atoms with Gasteiger partial charge >= 0.3 is 0 Å². The summed E-state index contributed by atoms with van der Waals surface area (Å²) in [5.41, 5.74) is 2.20. The largest absolute Gasteiger partial charge is 0.366 e. The molecule has 2 heterocycles. The van der Waals surface area contributed by atoms with Crippen molar-refractivity contribution in [2.45, 2.75) is 6.92 Å². The Kier molecular flexibility index (Phi) is 5.06. The number of aryl methyl sites for hydroxylation is 1. The molecular weight excluding hydrogens is 360 g/mol. The molecule has 0 spiro atoms. The highest BCUT2D eigenvalue weighted by molar-refractivity contribution is 5.56. The number of benzene rings is 2. The molecule has 1 aliphatic heterocycles. The molecule has 0 amide bonds. The van der Waals surface area contributed by atoms with Crippen molar-refractivity contribution in [1.29, 1.82) is 0 Å². The van der Waals surface area contributed by atoms with Gasteiger partial charge in [-0.15, -0.1) is 0 Å². The van der Waals surface area contributed by atoms with E-state index in [0.717, 1.165) is 30.3 Å². The Balaban J connectivity index is 1.47. The van der Waals surface area contributed by atoms with Crippen molar-refractivity contribution in [3.63, 3.8) is 0 Å². The van der Waals surface area contributed by atoms with Crippen molar-refractivity contribution in [2.24, 2.45) is 0 Å². The van der Waals surface area contributed by atoms with Crippen LogP contribution < -0.4 is 15.1 Å². The van der Waals surface area contributed by atoms with Crippen LogP contribution in [-0.4, -0.2) is 36.1 Å². The van der Waals surface area contributed by atoms with E-state index in [4.69, 9.17) is 0 Å². The lowest BCUT2D eigenvalue weighted by Gasteiger charge is -2.37. The maximum absolute atomic E-state index is 14.0. The number of para-hydroxylation sites is 1. The Morgan fingerprint density at radius 2 is 1.54 bits per heavy atom. The average molecular weight is 381 g/mol. The second kappa shape index (κ2) is 7.80. The monoisotopic (exact) mass is 381 g/mol. The fourth-order valence-electron chi connectivity index (χ4n) is 3.32. The molecule has 7 heteroatoms. The predicted molar refractivity (Wildman–Crippen MR) is 107 cm³/mol. The summed E-state index contributed by atoms with van der Waals surface area (Å²) < 4.78 is 27.1. The normalized spacial score (nSPS) is 14.2. The van der Waals surface area contributed by atoms with Gasteiger partial charge in [-0.2, -0.15) is 4.98 Å². The van der Waals surface area contributed by atoms with Crippen molar-refractivity contribution < 1.29 is 8.78 Å². The summed E-state index contributed by atoms with van der Waals surface area (Å²) in [5.74, 6) is 0.812. The van der Waals surface area contributed by atoms with E-state index in [1.54, 1.807) is 18.2 Å². The van der Waals surface area contributed by atoms with Crippen LogP contribution in [0.5, 0.6) is 0 Å². The maximum atomic E-state index is 14.0. The van der Waals surface area contributed by atoms with E-state index in [9.17, 15) is 8.78 Å². The highest BCUT2D eigenvalue weighted by Crippen LogP contribution is 2.23. The summed E-state index contributed by atoms with van der Waals surface area (Å²) in [7, 11) is 0. The molecule has 0 atom stereocenters. The predicted octanol–water partition coefficient (Wildman–Crippen LogP) is 4.13. The van der Waals surface area contributed by atoms with Gasteiger partial charge in [0.05, 0.1) is 5.69 Å². The summed E-state index contributed by atoms with van der Waals surface area (Å²) in [4.78, 5) is 13.2. The lowest BCUT2D eigenvalue weighted by Crippen LogP contribution is -2.47. The Labute approximate surface area is 162 Å². The Morgan fingerprint density at radius 3 is 2.25 bits per heavy atom. The van der Waals surface area contributed by atoms with Gasteiger partial charge in [-0.1, -0.05) is 12.1 Å². The van der Waals surface area contributed by atoms with Crippen LogP contribution in [0.1, 0.15) is 5.69 Å². The fourth-order valence-corrected chi connectivity index (χ4v) is 3.32. The van der Waals surface area contributed by atoms with Crippen LogP contribution >= 0.6 is 0 Å². The van der Waals surface area contributed by atoms with Crippen LogP contribution in [0.4, 0.5) is 31.9 Å². The number of anilines is 4. The molecule has 1 fully saturated rings. The van der Waals surface area contributed by atoms with Crippen molar-refractivity contribution in [3.8, 4) is 0 Å². The van der Waals surface area contributed by atoms with Crippen LogP contribution in [0.15, 0.2) is 54.6 Å². The molecule has 3 aromatic rings. The van der Waals surface area contributed by atoms with Crippen LogP contribution in [0.2, 0.25) is 0 Å². The van der Waals surface area contributed by atoms with Crippen molar-refractivity contribution in [3.05, 3.63) is 71.9 Å². The molecule has 5 nitrogen and oxygen atoms in total. The average Bonchev–Trinajstić information content (AvgIpc) is 2.70. The number of hydrogen-bond donors (Lipinski definition) is 1. The molecule has 0 aliphatic carbocycles.